The van der Waals surface area contributed by atoms with Gasteiger partial charge in [0.2, 0.25) is 0 Å². The molecule has 0 bridgehead atoms. The third kappa shape index (κ3) is 4.32. The van der Waals surface area contributed by atoms with Gasteiger partial charge in [-0.1, -0.05) is 103 Å². The average Bonchev–Trinajstić information content (AvgIpc) is 3.70. The molecule has 6 rings (SSSR count). The van der Waals surface area contributed by atoms with Gasteiger partial charge in [-0.2, -0.15) is 0 Å². The van der Waals surface area contributed by atoms with Crippen LogP contribution in [0.15, 0.2) is 24.3 Å². The van der Waals surface area contributed by atoms with Crippen molar-refractivity contribution in [2.24, 2.45) is 0 Å². The molecular formula is C38H54. The molecule has 0 heteroatoms. The van der Waals surface area contributed by atoms with Gasteiger partial charge in [0.15, 0.2) is 0 Å². The van der Waals surface area contributed by atoms with Gasteiger partial charge in [-0.15, -0.1) is 0 Å². The lowest BCUT2D eigenvalue weighted by Crippen LogP contribution is -2.24. The molecule has 0 N–H and O–H groups in total. The van der Waals surface area contributed by atoms with Gasteiger partial charge in [0.25, 0.3) is 0 Å². The first-order valence-corrected chi connectivity index (χ1v) is 16.4. The second kappa shape index (κ2) is 9.52. The molecule has 4 aliphatic rings. The largest absolute Gasteiger partial charge is 0.0555 e. The zero-order valence-electron chi connectivity index (χ0n) is 25.6. The quantitative estimate of drug-likeness (QED) is 0.375. The molecule has 0 aromatic heterocycles. The second-order valence-corrected chi connectivity index (χ2v) is 15.5. The van der Waals surface area contributed by atoms with Crippen molar-refractivity contribution in [1.82, 2.24) is 0 Å². The van der Waals surface area contributed by atoms with Crippen LogP contribution in [0.1, 0.15) is 164 Å². The van der Waals surface area contributed by atoms with Crippen LogP contribution < -0.4 is 0 Å². The summed E-state index contributed by atoms with van der Waals surface area (Å²) in [7, 11) is 0. The zero-order chi connectivity index (χ0) is 26.8. The Morgan fingerprint density at radius 3 is 0.947 bits per heavy atom. The average molecular weight is 511 g/mol. The van der Waals surface area contributed by atoms with E-state index in [4.69, 9.17) is 0 Å². The normalized spacial score (nSPS) is 25.3. The predicted octanol–water partition coefficient (Wildman–Crippen LogP) is 11.3. The van der Waals surface area contributed by atoms with Gasteiger partial charge in [0.1, 0.15) is 0 Å². The van der Waals surface area contributed by atoms with Crippen molar-refractivity contribution < 1.29 is 0 Å². The molecule has 0 atom stereocenters. The predicted molar refractivity (Wildman–Crippen MR) is 165 cm³/mol. The van der Waals surface area contributed by atoms with E-state index in [9.17, 15) is 0 Å². The first-order chi connectivity index (χ1) is 18.1. The summed E-state index contributed by atoms with van der Waals surface area (Å²) < 4.78 is 0. The Balaban J connectivity index is 1.61. The van der Waals surface area contributed by atoms with Crippen LogP contribution >= 0.6 is 0 Å². The van der Waals surface area contributed by atoms with Gasteiger partial charge < -0.3 is 0 Å². The summed E-state index contributed by atoms with van der Waals surface area (Å²) in [5, 5.41) is 0. The van der Waals surface area contributed by atoms with Crippen LogP contribution in [0.4, 0.5) is 0 Å². The fourth-order valence-corrected chi connectivity index (χ4v) is 9.68. The van der Waals surface area contributed by atoms with Crippen LogP contribution in [-0.4, -0.2) is 0 Å². The van der Waals surface area contributed by atoms with Crippen LogP contribution in [-0.2, 0) is 21.7 Å². The lowest BCUT2D eigenvalue weighted by Gasteiger charge is -2.35. The number of benzene rings is 2. The lowest BCUT2D eigenvalue weighted by atomic mass is 9.69. The Morgan fingerprint density at radius 1 is 0.395 bits per heavy atom. The molecule has 0 amide bonds. The first-order valence-electron chi connectivity index (χ1n) is 16.4. The fraction of sp³-hybridized carbons (Fsp3) is 0.684. The van der Waals surface area contributed by atoms with E-state index in [2.05, 4.69) is 65.8 Å². The Kier molecular flexibility index (Phi) is 6.68. The molecule has 0 unspecified atom stereocenters. The molecule has 0 aliphatic heterocycles. The van der Waals surface area contributed by atoms with Crippen LogP contribution in [0.2, 0.25) is 0 Å². The smallest absolute Gasteiger partial charge is 0.00723 e. The van der Waals surface area contributed by atoms with E-state index < -0.39 is 0 Å². The van der Waals surface area contributed by atoms with Crippen LogP contribution in [0, 0.1) is 13.8 Å². The van der Waals surface area contributed by atoms with Gasteiger partial charge in [0.05, 0.1) is 0 Å². The molecule has 0 heterocycles. The molecule has 206 valence electrons. The van der Waals surface area contributed by atoms with Gasteiger partial charge >= 0.3 is 0 Å². The van der Waals surface area contributed by atoms with E-state index in [0.717, 1.165) is 0 Å². The minimum Gasteiger partial charge on any atom is -0.0555 e. The van der Waals surface area contributed by atoms with Gasteiger partial charge in [-0.05, 0) is 131 Å². The van der Waals surface area contributed by atoms with Crippen molar-refractivity contribution in [3.8, 4) is 11.1 Å². The number of hydrogen-bond acceptors (Lipinski definition) is 0. The molecule has 2 aromatic carbocycles. The van der Waals surface area contributed by atoms with E-state index >= 15 is 0 Å². The summed E-state index contributed by atoms with van der Waals surface area (Å²) in [4.78, 5) is 0. The fourth-order valence-electron chi connectivity index (χ4n) is 9.68. The topological polar surface area (TPSA) is 0 Å². The highest BCUT2D eigenvalue weighted by Gasteiger charge is 2.39. The summed E-state index contributed by atoms with van der Waals surface area (Å²) in [5.74, 6) is 0. The van der Waals surface area contributed by atoms with E-state index in [-0.39, 0.29) is 0 Å². The van der Waals surface area contributed by atoms with E-state index in [0.29, 0.717) is 21.7 Å². The van der Waals surface area contributed by atoms with Gasteiger partial charge in [-0.25, -0.2) is 0 Å². The van der Waals surface area contributed by atoms with Crippen molar-refractivity contribution in [2.45, 2.75) is 166 Å². The van der Waals surface area contributed by atoms with Crippen molar-refractivity contribution in [1.29, 1.82) is 0 Å². The molecule has 0 spiro atoms. The zero-order valence-corrected chi connectivity index (χ0v) is 25.6. The molecule has 0 saturated heterocycles. The molecule has 4 aliphatic carbocycles. The second-order valence-electron chi connectivity index (χ2n) is 15.5. The number of rotatable bonds is 5. The van der Waals surface area contributed by atoms with Gasteiger partial charge in [-0.3, -0.25) is 0 Å². The molecule has 4 saturated carbocycles. The maximum atomic E-state index is 2.70. The van der Waals surface area contributed by atoms with Crippen LogP contribution in [0.3, 0.4) is 0 Å². The molecule has 0 radical (unpaired) electrons. The highest BCUT2D eigenvalue weighted by molar-refractivity contribution is 5.76. The Bertz CT molecular complexity index is 1090. The Labute approximate surface area is 234 Å². The summed E-state index contributed by atoms with van der Waals surface area (Å²) >= 11 is 0. The highest BCUT2D eigenvalue weighted by atomic mass is 14.4. The summed E-state index contributed by atoms with van der Waals surface area (Å²) in [6.07, 6.45) is 22.0. The maximum Gasteiger partial charge on any atom is -0.00723 e. The monoisotopic (exact) mass is 510 g/mol. The molecule has 0 nitrogen and oxygen atoms in total. The van der Waals surface area contributed by atoms with Crippen molar-refractivity contribution in [2.75, 3.05) is 0 Å². The molecule has 38 heavy (non-hydrogen) atoms. The van der Waals surface area contributed by atoms with Crippen molar-refractivity contribution >= 4 is 0 Å². The molecule has 2 aromatic rings. The summed E-state index contributed by atoms with van der Waals surface area (Å²) in [6.45, 7) is 15.3. The van der Waals surface area contributed by atoms with Crippen molar-refractivity contribution in [3.63, 3.8) is 0 Å². The molecular weight excluding hydrogens is 456 g/mol. The van der Waals surface area contributed by atoms with E-state index in [1.54, 1.807) is 44.5 Å². The summed E-state index contributed by atoms with van der Waals surface area (Å²) in [6, 6.07) is 10.8. The SMILES string of the molecule is Cc1c(-c2cc(C3(C)CCCC3)cc(C3(C)CCCC3)c2C)cc(C2(C)CCCC2)cc1C1(C)CCCC1. The summed E-state index contributed by atoms with van der Waals surface area (Å²) in [5.41, 5.74) is 14.3. The van der Waals surface area contributed by atoms with Crippen molar-refractivity contribution in [3.05, 3.63) is 57.6 Å². The first kappa shape index (κ1) is 26.7. The third-order valence-electron chi connectivity index (χ3n) is 12.6. The Morgan fingerprint density at radius 2 is 0.658 bits per heavy atom. The maximum absolute atomic E-state index is 2.70. The minimum atomic E-state index is 0.340. The standard InChI is InChI=1S/C38H54/c1-27-31(23-29(35(3)15-7-8-16-35)25-33(27)37(5)19-11-12-20-37)32-24-30(36(4)17-9-10-18-36)26-34(28(32)2)38(6)21-13-14-22-38/h23-26H,7-22H2,1-6H3. The lowest BCUT2D eigenvalue weighted by molar-refractivity contribution is 0.471. The third-order valence-corrected chi connectivity index (χ3v) is 12.6. The van der Waals surface area contributed by atoms with E-state index in [1.807, 2.05) is 0 Å². The van der Waals surface area contributed by atoms with Crippen LogP contribution in [0.5, 0.6) is 0 Å². The number of hydrogen-bond donors (Lipinski definition) is 0. The Hall–Kier alpha value is -1.56. The van der Waals surface area contributed by atoms with Gasteiger partial charge in [0, 0.05) is 0 Å². The van der Waals surface area contributed by atoms with E-state index in [1.165, 1.54) is 103 Å². The highest BCUT2D eigenvalue weighted by Crippen LogP contribution is 2.52. The minimum absolute atomic E-state index is 0.340. The van der Waals surface area contributed by atoms with Crippen LogP contribution in [0.25, 0.3) is 11.1 Å². The molecule has 4 fully saturated rings.